The van der Waals surface area contributed by atoms with Crippen LogP contribution in [0.25, 0.3) is 0 Å². The number of rotatable bonds is 5. The molecule has 1 amide bonds. The van der Waals surface area contributed by atoms with Gasteiger partial charge in [0.2, 0.25) is 0 Å². The fourth-order valence-electron chi connectivity index (χ4n) is 0.973. The van der Waals surface area contributed by atoms with E-state index in [0.29, 0.717) is 5.56 Å². The molecule has 16 heavy (non-hydrogen) atoms. The van der Waals surface area contributed by atoms with Crippen LogP contribution in [0.2, 0.25) is 0 Å². The average molecular weight is 225 g/mol. The lowest BCUT2D eigenvalue weighted by molar-refractivity contribution is -0.146. The standard InChI is InChI=1S/C9H11N3O4/c13-7(9(15)16)2-3-10-8(14)6-1-4-11-12-5-6/h1,4-5,7,13H,2-3H2,(H,10,14)(H,15,16). The van der Waals surface area contributed by atoms with Crippen LogP contribution in [-0.2, 0) is 4.79 Å². The van der Waals surface area contributed by atoms with E-state index in [-0.39, 0.29) is 18.9 Å². The highest BCUT2D eigenvalue weighted by Gasteiger charge is 2.13. The Bertz CT molecular complexity index is 368. The summed E-state index contributed by atoms with van der Waals surface area (Å²) in [7, 11) is 0. The van der Waals surface area contributed by atoms with Crippen LogP contribution in [0.1, 0.15) is 16.8 Å². The molecule has 0 bridgehead atoms. The summed E-state index contributed by atoms with van der Waals surface area (Å²) in [5, 5.41) is 26.8. The number of carboxylic acid groups (broad SMARTS) is 1. The zero-order chi connectivity index (χ0) is 12.0. The van der Waals surface area contributed by atoms with Crippen molar-refractivity contribution >= 4 is 11.9 Å². The number of carbonyl (C=O) groups is 2. The van der Waals surface area contributed by atoms with Gasteiger partial charge in [-0.3, -0.25) is 4.79 Å². The maximum absolute atomic E-state index is 11.4. The highest BCUT2D eigenvalue weighted by molar-refractivity contribution is 5.93. The quantitative estimate of drug-likeness (QED) is 0.595. The lowest BCUT2D eigenvalue weighted by Crippen LogP contribution is -2.30. The van der Waals surface area contributed by atoms with Gasteiger partial charge in [0.25, 0.3) is 5.91 Å². The molecular weight excluding hydrogens is 214 g/mol. The van der Waals surface area contributed by atoms with Gasteiger partial charge in [-0.25, -0.2) is 4.79 Å². The van der Waals surface area contributed by atoms with Crippen LogP contribution in [-0.4, -0.2) is 44.9 Å². The number of nitrogens with zero attached hydrogens (tertiary/aromatic N) is 2. The van der Waals surface area contributed by atoms with Crippen molar-refractivity contribution in [3.05, 3.63) is 24.0 Å². The second-order valence-electron chi connectivity index (χ2n) is 3.03. The van der Waals surface area contributed by atoms with E-state index in [4.69, 9.17) is 10.2 Å². The van der Waals surface area contributed by atoms with Crippen molar-refractivity contribution < 1.29 is 19.8 Å². The van der Waals surface area contributed by atoms with Crippen molar-refractivity contribution in [2.75, 3.05) is 6.54 Å². The van der Waals surface area contributed by atoms with Gasteiger partial charge >= 0.3 is 5.97 Å². The largest absolute Gasteiger partial charge is 0.479 e. The first-order chi connectivity index (χ1) is 7.61. The minimum absolute atomic E-state index is 0.0421. The molecule has 0 aliphatic heterocycles. The van der Waals surface area contributed by atoms with Crippen LogP contribution >= 0.6 is 0 Å². The molecule has 0 saturated heterocycles. The molecule has 0 aromatic carbocycles. The maximum atomic E-state index is 11.4. The van der Waals surface area contributed by atoms with Crippen LogP contribution in [0.15, 0.2) is 18.5 Å². The molecular formula is C9H11N3O4. The van der Waals surface area contributed by atoms with Gasteiger partial charge in [-0.1, -0.05) is 0 Å². The summed E-state index contributed by atoms with van der Waals surface area (Å²) in [6.07, 6.45) is 1.17. The van der Waals surface area contributed by atoms with Gasteiger partial charge in [0, 0.05) is 13.0 Å². The zero-order valence-corrected chi connectivity index (χ0v) is 8.33. The molecule has 7 heteroatoms. The molecule has 0 saturated carbocycles. The first-order valence-electron chi connectivity index (χ1n) is 4.57. The summed E-state index contributed by atoms with van der Waals surface area (Å²) >= 11 is 0. The summed E-state index contributed by atoms with van der Waals surface area (Å²) in [6, 6.07) is 1.48. The van der Waals surface area contributed by atoms with Crippen molar-refractivity contribution in [1.82, 2.24) is 15.5 Å². The molecule has 0 aliphatic carbocycles. The Morgan fingerprint density at radius 3 is 2.75 bits per heavy atom. The number of carboxylic acids is 1. The molecule has 1 atom stereocenters. The fourth-order valence-corrected chi connectivity index (χ4v) is 0.973. The number of aliphatic hydroxyl groups is 1. The Labute approximate surface area is 91.1 Å². The summed E-state index contributed by atoms with van der Waals surface area (Å²) in [5.74, 6) is -1.69. The number of nitrogens with one attached hydrogen (secondary N) is 1. The molecule has 86 valence electrons. The molecule has 1 heterocycles. The zero-order valence-electron chi connectivity index (χ0n) is 8.33. The van der Waals surface area contributed by atoms with E-state index in [1.807, 2.05) is 0 Å². The first-order valence-corrected chi connectivity index (χ1v) is 4.57. The highest BCUT2D eigenvalue weighted by atomic mass is 16.4. The molecule has 7 nitrogen and oxygen atoms in total. The molecule has 1 unspecified atom stereocenters. The van der Waals surface area contributed by atoms with Crippen LogP contribution in [0.3, 0.4) is 0 Å². The molecule has 0 spiro atoms. The van der Waals surface area contributed by atoms with E-state index < -0.39 is 12.1 Å². The van der Waals surface area contributed by atoms with Gasteiger partial charge in [0.15, 0.2) is 6.10 Å². The minimum atomic E-state index is -1.46. The normalized spacial score (nSPS) is 11.8. The predicted octanol–water partition coefficient (Wildman–Crippen LogP) is -0.958. The monoisotopic (exact) mass is 225 g/mol. The van der Waals surface area contributed by atoms with E-state index in [2.05, 4.69) is 15.5 Å². The van der Waals surface area contributed by atoms with Crippen LogP contribution < -0.4 is 5.32 Å². The molecule has 3 N–H and O–H groups in total. The Morgan fingerprint density at radius 1 is 1.44 bits per heavy atom. The van der Waals surface area contributed by atoms with E-state index in [0.717, 1.165) is 0 Å². The van der Waals surface area contributed by atoms with Crippen LogP contribution in [0, 0.1) is 0 Å². The average Bonchev–Trinajstić information content (AvgIpc) is 2.29. The Morgan fingerprint density at radius 2 is 2.19 bits per heavy atom. The summed E-state index contributed by atoms with van der Waals surface area (Å²) in [4.78, 5) is 21.7. The van der Waals surface area contributed by atoms with Crippen LogP contribution in [0.5, 0.6) is 0 Å². The number of aromatic nitrogens is 2. The lowest BCUT2D eigenvalue weighted by atomic mass is 10.2. The summed E-state index contributed by atoms with van der Waals surface area (Å²) in [6.45, 7) is 0.0780. The van der Waals surface area contributed by atoms with Crippen molar-refractivity contribution in [3.63, 3.8) is 0 Å². The molecule has 0 aliphatic rings. The number of aliphatic carboxylic acids is 1. The van der Waals surface area contributed by atoms with Gasteiger partial charge in [-0.15, -0.1) is 0 Å². The third-order valence-corrected chi connectivity index (χ3v) is 1.83. The van der Waals surface area contributed by atoms with E-state index in [9.17, 15) is 9.59 Å². The molecule has 1 aromatic rings. The van der Waals surface area contributed by atoms with E-state index >= 15 is 0 Å². The Kier molecular flexibility index (Phi) is 4.34. The lowest BCUT2D eigenvalue weighted by Gasteiger charge is -2.06. The molecule has 1 rings (SSSR count). The topological polar surface area (TPSA) is 112 Å². The third-order valence-electron chi connectivity index (χ3n) is 1.83. The fraction of sp³-hybridized carbons (Fsp3) is 0.333. The first kappa shape index (κ1) is 12.1. The number of amides is 1. The predicted molar refractivity (Wildman–Crippen MR) is 52.6 cm³/mol. The molecule has 0 radical (unpaired) electrons. The van der Waals surface area contributed by atoms with Crippen LogP contribution in [0.4, 0.5) is 0 Å². The van der Waals surface area contributed by atoms with E-state index in [1.54, 1.807) is 0 Å². The SMILES string of the molecule is O=C(NCCC(O)C(=O)O)c1ccnnc1. The maximum Gasteiger partial charge on any atom is 0.332 e. The number of carbonyl (C=O) groups excluding carboxylic acids is 1. The third kappa shape index (κ3) is 3.62. The second-order valence-corrected chi connectivity index (χ2v) is 3.03. The number of aliphatic hydroxyl groups excluding tert-OH is 1. The number of hydrogen-bond donors (Lipinski definition) is 3. The Balaban J connectivity index is 2.34. The minimum Gasteiger partial charge on any atom is -0.479 e. The summed E-state index contributed by atoms with van der Waals surface area (Å²) in [5.41, 5.74) is 0.333. The van der Waals surface area contributed by atoms with Gasteiger partial charge in [0.05, 0.1) is 18.0 Å². The highest BCUT2D eigenvalue weighted by Crippen LogP contribution is 1.94. The second kappa shape index (κ2) is 5.76. The van der Waals surface area contributed by atoms with Crippen molar-refractivity contribution in [1.29, 1.82) is 0 Å². The molecule has 1 aromatic heterocycles. The van der Waals surface area contributed by atoms with E-state index in [1.165, 1.54) is 18.5 Å². The number of hydrogen-bond acceptors (Lipinski definition) is 5. The van der Waals surface area contributed by atoms with Crippen molar-refractivity contribution in [3.8, 4) is 0 Å². The Hall–Kier alpha value is -2.02. The van der Waals surface area contributed by atoms with Crippen molar-refractivity contribution in [2.24, 2.45) is 0 Å². The van der Waals surface area contributed by atoms with Gasteiger partial charge < -0.3 is 15.5 Å². The molecule has 0 fully saturated rings. The van der Waals surface area contributed by atoms with Gasteiger partial charge in [-0.2, -0.15) is 10.2 Å². The van der Waals surface area contributed by atoms with Gasteiger partial charge in [0.1, 0.15) is 0 Å². The smallest absolute Gasteiger partial charge is 0.332 e. The van der Waals surface area contributed by atoms with Gasteiger partial charge in [-0.05, 0) is 6.07 Å². The van der Waals surface area contributed by atoms with Crippen molar-refractivity contribution in [2.45, 2.75) is 12.5 Å². The summed E-state index contributed by atoms with van der Waals surface area (Å²) < 4.78 is 0.